The van der Waals surface area contributed by atoms with Crippen molar-refractivity contribution >= 4 is 27.3 Å². The third kappa shape index (κ3) is 5.21. The largest absolute Gasteiger partial charge is 0.494 e. The van der Waals surface area contributed by atoms with E-state index >= 15 is 0 Å². The number of sulfonamides is 1. The molecular formula is C23H23FN2O4S. The van der Waals surface area contributed by atoms with Gasteiger partial charge in [0.05, 0.1) is 17.2 Å². The molecule has 0 aliphatic carbocycles. The number of para-hydroxylation sites is 1. The number of benzene rings is 3. The minimum absolute atomic E-state index is 0.00422. The molecule has 8 heteroatoms. The van der Waals surface area contributed by atoms with E-state index in [1.165, 1.54) is 29.2 Å². The molecule has 0 saturated carbocycles. The van der Waals surface area contributed by atoms with Crippen LogP contribution < -0.4 is 13.9 Å². The number of anilines is 2. The Morgan fingerprint density at radius 2 is 1.52 bits per heavy atom. The van der Waals surface area contributed by atoms with Crippen molar-refractivity contribution in [2.24, 2.45) is 0 Å². The molecule has 0 aliphatic heterocycles. The first-order valence-corrected chi connectivity index (χ1v) is 11.1. The zero-order chi connectivity index (χ0) is 22.4. The minimum atomic E-state index is -4.10. The van der Waals surface area contributed by atoms with Crippen molar-refractivity contribution in [1.29, 1.82) is 0 Å². The normalized spacial score (nSPS) is 11.1. The number of rotatable bonds is 8. The van der Waals surface area contributed by atoms with Crippen LogP contribution in [0, 0.1) is 5.82 Å². The summed E-state index contributed by atoms with van der Waals surface area (Å²) in [4.78, 5) is 14.3. The third-order valence-electron chi connectivity index (χ3n) is 4.63. The lowest BCUT2D eigenvalue weighted by molar-refractivity contribution is -0.116. The van der Waals surface area contributed by atoms with Gasteiger partial charge >= 0.3 is 0 Å². The van der Waals surface area contributed by atoms with Gasteiger partial charge in [-0.15, -0.1) is 0 Å². The van der Waals surface area contributed by atoms with Crippen LogP contribution in [0.15, 0.2) is 83.8 Å². The van der Waals surface area contributed by atoms with E-state index in [9.17, 15) is 17.6 Å². The second-order valence-electron chi connectivity index (χ2n) is 6.68. The Morgan fingerprint density at radius 3 is 2.10 bits per heavy atom. The Kier molecular flexibility index (Phi) is 6.91. The fraction of sp³-hybridized carbons (Fsp3) is 0.174. The first-order valence-electron chi connectivity index (χ1n) is 9.65. The SMILES string of the molecule is CCOc1ccc(S(=O)(=O)N(CC(=O)N(C)c2ccccc2)c2ccc(F)cc2)cc1. The average Bonchev–Trinajstić information content (AvgIpc) is 2.78. The van der Waals surface area contributed by atoms with Gasteiger partial charge < -0.3 is 9.64 Å². The van der Waals surface area contributed by atoms with Crippen molar-refractivity contribution in [3.8, 4) is 5.75 Å². The van der Waals surface area contributed by atoms with Crippen LogP contribution in [0.2, 0.25) is 0 Å². The zero-order valence-electron chi connectivity index (χ0n) is 17.2. The van der Waals surface area contributed by atoms with E-state index < -0.39 is 28.3 Å². The van der Waals surface area contributed by atoms with Crippen molar-refractivity contribution in [3.63, 3.8) is 0 Å². The fourth-order valence-corrected chi connectivity index (χ4v) is 4.36. The maximum Gasteiger partial charge on any atom is 0.264 e. The van der Waals surface area contributed by atoms with Crippen molar-refractivity contribution in [1.82, 2.24) is 0 Å². The summed E-state index contributed by atoms with van der Waals surface area (Å²) in [7, 11) is -2.53. The second kappa shape index (κ2) is 9.61. The highest BCUT2D eigenvalue weighted by Gasteiger charge is 2.28. The molecule has 3 aromatic carbocycles. The van der Waals surface area contributed by atoms with Gasteiger partial charge in [0.15, 0.2) is 0 Å². The lowest BCUT2D eigenvalue weighted by Gasteiger charge is -2.26. The summed E-state index contributed by atoms with van der Waals surface area (Å²) in [5.74, 6) is -0.408. The van der Waals surface area contributed by atoms with Gasteiger partial charge in [-0.2, -0.15) is 0 Å². The lowest BCUT2D eigenvalue weighted by Crippen LogP contribution is -2.41. The quantitative estimate of drug-likeness (QED) is 0.527. The van der Waals surface area contributed by atoms with Crippen LogP contribution in [-0.4, -0.2) is 34.5 Å². The lowest BCUT2D eigenvalue weighted by atomic mass is 10.3. The van der Waals surface area contributed by atoms with Gasteiger partial charge in [0.2, 0.25) is 5.91 Å². The summed E-state index contributed by atoms with van der Waals surface area (Å²) in [5, 5.41) is 0. The highest BCUT2D eigenvalue weighted by atomic mass is 32.2. The Hall–Kier alpha value is -3.39. The molecule has 162 valence electrons. The standard InChI is InChI=1S/C23H23FN2O4S/c1-3-30-21-13-15-22(16-14-21)31(28,29)26(20-11-9-18(24)10-12-20)17-23(27)25(2)19-7-5-4-6-8-19/h4-16H,3,17H2,1-2H3. The zero-order valence-corrected chi connectivity index (χ0v) is 18.0. The van der Waals surface area contributed by atoms with Crippen LogP contribution in [-0.2, 0) is 14.8 Å². The molecule has 0 bridgehead atoms. The molecule has 31 heavy (non-hydrogen) atoms. The molecule has 1 amide bonds. The number of hydrogen-bond donors (Lipinski definition) is 0. The van der Waals surface area contributed by atoms with E-state index in [0.717, 1.165) is 16.4 Å². The van der Waals surface area contributed by atoms with Crippen molar-refractivity contribution < 1.29 is 22.3 Å². The Labute approximate surface area is 181 Å². The smallest absolute Gasteiger partial charge is 0.264 e. The summed E-state index contributed by atoms with van der Waals surface area (Å²) < 4.78 is 46.6. The molecule has 0 radical (unpaired) electrons. The summed E-state index contributed by atoms with van der Waals surface area (Å²) in [6.07, 6.45) is 0. The van der Waals surface area contributed by atoms with Crippen LogP contribution in [0.4, 0.5) is 15.8 Å². The van der Waals surface area contributed by atoms with Gasteiger partial charge in [0, 0.05) is 12.7 Å². The molecule has 0 N–H and O–H groups in total. The van der Waals surface area contributed by atoms with E-state index in [4.69, 9.17) is 4.74 Å². The van der Waals surface area contributed by atoms with E-state index in [2.05, 4.69) is 0 Å². The highest BCUT2D eigenvalue weighted by molar-refractivity contribution is 7.92. The Morgan fingerprint density at radius 1 is 0.903 bits per heavy atom. The van der Waals surface area contributed by atoms with E-state index in [1.54, 1.807) is 43.4 Å². The van der Waals surface area contributed by atoms with E-state index in [1.807, 2.05) is 13.0 Å². The van der Waals surface area contributed by atoms with E-state index in [0.29, 0.717) is 18.0 Å². The molecule has 0 aromatic heterocycles. The molecule has 0 heterocycles. The summed E-state index contributed by atoms with van der Waals surface area (Å²) >= 11 is 0. The fourth-order valence-electron chi connectivity index (χ4n) is 2.95. The summed E-state index contributed by atoms with van der Waals surface area (Å²) in [6, 6.07) is 19.8. The van der Waals surface area contributed by atoms with Gasteiger partial charge in [-0.3, -0.25) is 9.10 Å². The number of carbonyl (C=O) groups excluding carboxylic acids is 1. The summed E-state index contributed by atoms with van der Waals surface area (Å²) in [5.41, 5.74) is 0.815. The molecule has 0 unspecified atom stereocenters. The number of hydrogen-bond acceptors (Lipinski definition) is 4. The average molecular weight is 443 g/mol. The van der Waals surface area contributed by atoms with Crippen LogP contribution in [0.3, 0.4) is 0 Å². The van der Waals surface area contributed by atoms with E-state index in [-0.39, 0.29) is 10.6 Å². The maximum atomic E-state index is 13.4. The molecule has 0 saturated heterocycles. The Bertz CT molecular complexity index is 1120. The van der Waals surface area contributed by atoms with Crippen LogP contribution >= 0.6 is 0 Å². The second-order valence-corrected chi connectivity index (χ2v) is 8.54. The third-order valence-corrected chi connectivity index (χ3v) is 6.42. The van der Waals surface area contributed by atoms with Gasteiger partial charge in [-0.05, 0) is 67.6 Å². The predicted molar refractivity (Wildman–Crippen MR) is 118 cm³/mol. The van der Waals surface area contributed by atoms with Gasteiger partial charge in [0.1, 0.15) is 18.1 Å². The minimum Gasteiger partial charge on any atom is -0.494 e. The Balaban J connectivity index is 1.96. The molecule has 3 aromatic rings. The molecule has 0 spiro atoms. The van der Waals surface area contributed by atoms with Gasteiger partial charge in [-0.25, -0.2) is 12.8 Å². The first kappa shape index (κ1) is 22.3. The topological polar surface area (TPSA) is 66.9 Å². The highest BCUT2D eigenvalue weighted by Crippen LogP contribution is 2.26. The molecule has 0 atom stereocenters. The van der Waals surface area contributed by atoms with Crippen molar-refractivity contribution in [2.75, 3.05) is 29.4 Å². The number of ether oxygens (including phenoxy) is 1. The molecule has 0 aliphatic rings. The number of amides is 1. The molecule has 3 rings (SSSR count). The van der Waals surface area contributed by atoms with Crippen LogP contribution in [0.5, 0.6) is 5.75 Å². The molecule has 6 nitrogen and oxygen atoms in total. The van der Waals surface area contributed by atoms with Crippen LogP contribution in [0.1, 0.15) is 6.92 Å². The monoisotopic (exact) mass is 442 g/mol. The predicted octanol–water partition coefficient (Wildman–Crippen LogP) is 4.08. The molecule has 0 fully saturated rings. The van der Waals surface area contributed by atoms with Crippen molar-refractivity contribution in [2.45, 2.75) is 11.8 Å². The maximum absolute atomic E-state index is 13.4. The first-order chi connectivity index (χ1) is 14.8. The van der Waals surface area contributed by atoms with Crippen molar-refractivity contribution in [3.05, 3.63) is 84.7 Å². The van der Waals surface area contributed by atoms with Gasteiger partial charge in [-0.1, -0.05) is 18.2 Å². The number of nitrogens with zero attached hydrogens (tertiary/aromatic N) is 2. The number of likely N-dealkylation sites (N-methyl/N-ethyl adjacent to an activating group) is 1. The number of carbonyl (C=O) groups is 1. The van der Waals surface area contributed by atoms with Gasteiger partial charge in [0.25, 0.3) is 10.0 Å². The molecular weight excluding hydrogens is 419 g/mol. The number of halogens is 1. The van der Waals surface area contributed by atoms with Crippen LogP contribution in [0.25, 0.3) is 0 Å². The summed E-state index contributed by atoms with van der Waals surface area (Å²) in [6.45, 7) is 1.83.